The van der Waals surface area contributed by atoms with Crippen LogP contribution < -0.4 is 4.72 Å². The van der Waals surface area contributed by atoms with E-state index in [0.29, 0.717) is 22.4 Å². The highest BCUT2D eigenvalue weighted by atomic mass is 35.5. The second kappa shape index (κ2) is 6.45. The van der Waals surface area contributed by atoms with Crippen LogP contribution in [0.25, 0.3) is 11.3 Å². The van der Waals surface area contributed by atoms with Gasteiger partial charge in [0.15, 0.2) is 11.7 Å². The molecule has 5 nitrogen and oxygen atoms in total. The van der Waals surface area contributed by atoms with Gasteiger partial charge in [-0.25, -0.2) is 13.4 Å². The van der Waals surface area contributed by atoms with E-state index in [1.165, 1.54) is 0 Å². The minimum absolute atomic E-state index is 0.167. The van der Waals surface area contributed by atoms with E-state index in [4.69, 9.17) is 16.0 Å². The Bertz CT molecular complexity index is 1030. The number of anilines is 1. The fourth-order valence-electron chi connectivity index (χ4n) is 2.75. The Balaban J connectivity index is 1.56. The van der Waals surface area contributed by atoms with Gasteiger partial charge in [-0.15, -0.1) is 0 Å². The molecule has 2 aromatic carbocycles. The number of hydrogen-bond donors (Lipinski definition) is 1. The van der Waals surface area contributed by atoms with Crippen LogP contribution in [0, 0.1) is 6.92 Å². The summed E-state index contributed by atoms with van der Waals surface area (Å²) in [5.41, 5.74) is 2.10. The molecule has 1 saturated carbocycles. The standard InChI is InChI=1S/C19H17ClN2O3S/c1-12-8-15(20)10-16(9-12)22-26(23,24)17-6-4-13(5-7-17)18-11-21-19(25-18)14-2-3-14/h4-11,14,22H,2-3H2,1H3. The maximum Gasteiger partial charge on any atom is 0.261 e. The van der Waals surface area contributed by atoms with Gasteiger partial charge >= 0.3 is 0 Å². The second-order valence-electron chi connectivity index (χ2n) is 6.48. The Hall–Kier alpha value is -2.31. The average molecular weight is 389 g/mol. The summed E-state index contributed by atoms with van der Waals surface area (Å²) in [7, 11) is -3.70. The topological polar surface area (TPSA) is 72.2 Å². The lowest BCUT2D eigenvalue weighted by Crippen LogP contribution is -2.12. The molecule has 1 heterocycles. The molecule has 0 unspecified atom stereocenters. The molecule has 0 saturated heterocycles. The summed E-state index contributed by atoms with van der Waals surface area (Å²) in [5.74, 6) is 1.85. The SMILES string of the molecule is Cc1cc(Cl)cc(NS(=O)(=O)c2ccc(-c3cnc(C4CC4)o3)cc2)c1. The van der Waals surface area contributed by atoms with Crippen molar-refractivity contribution in [2.45, 2.75) is 30.6 Å². The Kier molecular flexibility index (Phi) is 4.25. The molecule has 1 aliphatic rings. The molecule has 7 heteroatoms. The van der Waals surface area contributed by atoms with Gasteiger partial charge in [-0.2, -0.15) is 0 Å². The van der Waals surface area contributed by atoms with Crippen molar-refractivity contribution in [3.63, 3.8) is 0 Å². The Labute approximate surface area is 157 Å². The van der Waals surface area contributed by atoms with E-state index in [-0.39, 0.29) is 4.90 Å². The molecule has 1 fully saturated rings. The number of hydrogen-bond acceptors (Lipinski definition) is 4. The number of nitrogens with one attached hydrogen (secondary N) is 1. The Morgan fingerprint density at radius 3 is 2.54 bits per heavy atom. The van der Waals surface area contributed by atoms with Crippen LogP contribution in [0.1, 0.15) is 30.2 Å². The second-order valence-corrected chi connectivity index (χ2v) is 8.60. The summed E-state index contributed by atoms with van der Waals surface area (Å²) in [5, 5.41) is 0.481. The molecule has 1 aromatic heterocycles. The predicted molar refractivity (Wildman–Crippen MR) is 101 cm³/mol. The van der Waals surface area contributed by atoms with Crippen molar-refractivity contribution in [1.29, 1.82) is 0 Å². The zero-order valence-corrected chi connectivity index (χ0v) is 15.6. The maximum atomic E-state index is 12.6. The van der Waals surface area contributed by atoms with Crippen molar-refractivity contribution in [1.82, 2.24) is 4.98 Å². The van der Waals surface area contributed by atoms with E-state index in [2.05, 4.69) is 9.71 Å². The van der Waals surface area contributed by atoms with Crippen molar-refractivity contribution < 1.29 is 12.8 Å². The van der Waals surface area contributed by atoms with Crippen molar-refractivity contribution in [2.24, 2.45) is 0 Å². The third-order valence-electron chi connectivity index (χ3n) is 4.19. The average Bonchev–Trinajstić information content (AvgIpc) is 3.31. The lowest BCUT2D eigenvalue weighted by atomic mass is 10.2. The summed E-state index contributed by atoms with van der Waals surface area (Å²) in [6.07, 6.45) is 3.92. The largest absolute Gasteiger partial charge is 0.440 e. The summed E-state index contributed by atoms with van der Waals surface area (Å²) in [6, 6.07) is 11.6. The van der Waals surface area contributed by atoms with Gasteiger partial charge in [-0.3, -0.25) is 4.72 Å². The van der Waals surface area contributed by atoms with E-state index in [0.717, 1.165) is 29.9 Å². The minimum Gasteiger partial charge on any atom is -0.440 e. The monoisotopic (exact) mass is 388 g/mol. The summed E-state index contributed by atoms with van der Waals surface area (Å²) >= 11 is 5.99. The lowest BCUT2D eigenvalue weighted by Gasteiger charge is -2.09. The highest BCUT2D eigenvalue weighted by Gasteiger charge is 2.28. The zero-order chi connectivity index (χ0) is 18.3. The van der Waals surface area contributed by atoms with Crippen LogP contribution in [0.5, 0.6) is 0 Å². The van der Waals surface area contributed by atoms with Crippen LogP contribution >= 0.6 is 11.6 Å². The molecular formula is C19H17ClN2O3S. The molecule has 4 rings (SSSR count). The molecule has 1 aliphatic carbocycles. The number of sulfonamides is 1. The highest BCUT2D eigenvalue weighted by Crippen LogP contribution is 2.40. The molecule has 134 valence electrons. The van der Waals surface area contributed by atoms with Gasteiger partial charge in [0, 0.05) is 16.5 Å². The van der Waals surface area contributed by atoms with Crippen LogP contribution in [0.4, 0.5) is 5.69 Å². The molecule has 26 heavy (non-hydrogen) atoms. The summed E-state index contributed by atoms with van der Waals surface area (Å²) in [6.45, 7) is 1.85. The first-order valence-electron chi connectivity index (χ1n) is 8.27. The molecule has 0 amide bonds. The number of rotatable bonds is 5. The van der Waals surface area contributed by atoms with Crippen LogP contribution in [-0.4, -0.2) is 13.4 Å². The van der Waals surface area contributed by atoms with Crippen molar-refractivity contribution >= 4 is 27.3 Å². The molecule has 1 N–H and O–H groups in total. The predicted octanol–water partition coefficient (Wildman–Crippen LogP) is 4.98. The van der Waals surface area contributed by atoms with Gasteiger partial charge in [0.1, 0.15) is 0 Å². The van der Waals surface area contributed by atoms with Crippen LogP contribution in [0.15, 0.2) is 58.0 Å². The third kappa shape index (κ3) is 3.61. The number of nitrogens with zero attached hydrogens (tertiary/aromatic N) is 1. The lowest BCUT2D eigenvalue weighted by molar-refractivity contribution is 0.509. The highest BCUT2D eigenvalue weighted by molar-refractivity contribution is 7.92. The first-order valence-corrected chi connectivity index (χ1v) is 10.1. The van der Waals surface area contributed by atoms with Crippen LogP contribution in [0.3, 0.4) is 0 Å². The van der Waals surface area contributed by atoms with Gasteiger partial charge in [-0.1, -0.05) is 11.6 Å². The normalized spacial score (nSPS) is 14.4. The van der Waals surface area contributed by atoms with Crippen LogP contribution in [0.2, 0.25) is 5.02 Å². The molecule has 0 aliphatic heterocycles. The summed E-state index contributed by atoms with van der Waals surface area (Å²) in [4.78, 5) is 4.46. The fourth-order valence-corrected chi connectivity index (χ4v) is 4.08. The van der Waals surface area contributed by atoms with E-state index in [1.807, 2.05) is 6.92 Å². The van der Waals surface area contributed by atoms with E-state index in [9.17, 15) is 8.42 Å². The van der Waals surface area contributed by atoms with Crippen molar-refractivity contribution in [3.05, 3.63) is 65.1 Å². The smallest absolute Gasteiger partial charge is 0.261 e. The van der Waals surface area contributed by atoms with E-state index < -0.39 is 10.0 Å². The van der Waals surface area contributed by atoms with Crippen molar-refractivity contribution in [2.75, 3.05) is 4.72 Å². The van der Waals surface area contributed by atoms with Gasteiger partial charge < -0.3 is 4.42 Å². The molecule has 0 atom stereocenters. The number of benzene rings is 2. The minimum atomic E-state index is -3.70. The van der Waals surface area contributed by atoms with Crippen molar-refractivity contribution in [3.8, 4) is 11.3 Å². The number of aryl methyl sites for hydroxylation is 1. The van der Waals surface area contributed by atoms with Gasteiger partial charge in [0.25, 0.3) is 10.0 Å². The molecule has 0 radical (unpaired) electrons. The Morgan fingerprint density at radius 1 is 1.15 bits per heavy atom. The molecular weight excluding hydrogens is 372 g/mol. The van der Waals surface area contributed by atoms with Gasteiger partial charge in [0.05, 0.1) is 16.8 Å². The molecule has 3 aromatic rings. The number of halogens is 1. The first kappa shape index (κ1) is 17.1. The quantitative estimate of drug-likeness (QED) is 0.668. The van der Waals surface area contributed by atoms with Gasteiger partial charge in [-0.05, 0) is 67.8 Å². The first-order chi connectivity index (χ1) is 12.4. The molecule has 0 bridgehead atoms. The van der Waals surface area contributed by atoms with Crippen LogP contribution in [-0.2, 0) is 10.0 Å². The zero-order valence-electron chi connectivity index (χ0n) is 14.1. The number of oxazole rings is 1. The third-order valence-corrected chi connectivity index (χ3v) is 5.81. The van der Waals surface area contributed by atoms with E-state index in [1.54, 1.807) is 48.7 Å². The summed E-state index contributed by atoms with van der Waals surface area (Å²) < 4.78 is 33.5. The van der Waals surface area contributed by atoms with Gasteiger partial charge in [0.2, 0.25) is 0 Å². The number of aromatic nitrogens is 1. The fraction of sp³-hybridized carbons (Fsp3) is 0.211. The van der Waals surface area contributed by atoms with E-state index >= 15 is 0 Å². The molecule has 0 spiro atoms. The maximum absolute atomic E-state index is 12.6. The Morgan fingerprint density at radius 2 is 1.88 bits per heavy atom.